The van der Waals surface area contributed by atoms with E-state index in [0.29, 0.717) is 0 Å². The minimum Gasteiger partial charge on any atom is -0.184 e. The summed E-state index contributed by atoms with van der Waals surface area (Å²) < 4.78 is 0. The number of hydrogen-bond acceptors (Lipinski definition) is 0. The predicted molar refractivity (Wildman–Crippen MR) is 185 cm³/mol. The fourth-order valence-electron chi connectivity index (χ4n) is 4.85. The van der Waals surface area contributed by atoms with Crippen molar-refractivity contribution in [3.8, 4) is 22.3 Å². The van der Waals surface area contributed by atoms with Crippen molar-refractivity contribution in [2.75, 3.05) is 0 Å². The zero-order valence-electron chi connectivity index (χ0n) is 23.8. The first-order valence-electron chi connectivity index (χ1n) is 13.3. The molecular weight excluding hydrogens is 629 g/mol. The first kappa shape index (κ1) is 35.0. The van der Waals surface area contributed by atoms with Crippen molar-refractivity contribution < 1.29 is 24.0 Å². The quantitative estimate of drug-likeness (QED) is 0.128. The van der Waals surface area contributed by atoms with Gasteiger partial charge in [-0.15, -0.1) is 93.9 Å². The Kier molecular flexibility index (Phi) is 15.4. The van der Waals surface area contributed by atoms with E-state index in [2.05, 4.69) is 146 Å². The normalized spacial score (nSPS) is 9.43. The topological polar surface area (TPSA) is 0 Å². The van der Waals surface area contributed by atoms with Crippen molar-refractivity contribution in [3.63, 3.8) is 0 Å². The van der Waals surface area contributed by atoms with E-state index in [1.165, 1.54) is 54.9 Å². The van der Waals surface area contributed by atoms with Gasteiger partial charge in [0.15, 0.2) is 0 Å². The van der Waals surface area contributed by atoms with E-state index in [0.717, 1.165) is 24.0 Å². The molecule has 0 fully saturated rings. The molecule has 0 amide bonds. The Morgan fingerprint density at radius 1 is 0.500 bits per heavy atom. The number of aryl methyl sites for hydroxylation is 2. The summed E-state index contributed by atoms with van der Waals surface area (Å²) in [6.07, 6.45) is 0. The fourth-order valence-corrected chi connectivity index (χ4v) is 4.85. The minimum absolute atomic E-state index is 0. The van der Waals surface area contributed by atoms with Crippen LogP contribution in [0.3, 0.4) is 0 Å². The smallest absolute Gasteiger partial charge is 0.171 e. The van der Waals surface area contributed by atoms with Gasteiger partial charge in [0.05, 0.1) is 0 Å². The maximum absolute atomic E-state index is 4.59. The third-order valence-electron chi connectivity index (χ3n) is 6.57. The summed E-state index contributed by atoms with van der Waals surface area (Å²) in [7, 11) is 0. The molecule has 0 aliphatic heterocycles. The van der Waals surface area contributed by atoms with Crippen molar-refractivity contribution in [3.05, 3.63) is 169 Å². The van der Waals surface area contributed by atoms with Gasteiger partial charge in [-0.3, -0.25) is 0 Å². The van der Waals surface area contributed by atoms with Gasteiger partial charge in [-0.2, -0.15) is 48.5 Å². The van der Waals surface area contributed by atoms with E-state index >= 15 is 0 Å². The number of hydrogen-bond donors (Lipinski definition) is 0. The van der Waals surface area contributed by atoms with Gasteiger partial charge in [-0.1, -0.05) is 97.8 Å². The zero-order chi connectivity index (χ0) is 28.2. The van der Waals surface area contributed by atoms with Gasteiger partial charge < -0.3 is 0 Å². The molecule has 0 spiro atoms. The van der Waals surface area contributed by atoms with Gasteiger partial charge in [0, 0.05) is 0 Å². The van der Waals surface area contributed by atoms with E-state index in [9.17, 15) is 0 Å². The molecule has 0 bridgehead atoms. The van der Waals surface area contributed by atoms with E-state index in [1.54, 1.807) is 0 Å². The Labute approximate surface area is 278 Å². The van der Waals surface area contributed by atoms with Crippen LogP contribution in [-0.2, 0) is 24.0 Å². The maximum Gasteiger partial charge on any atom is -0.171 e. The van der Waals surface area contributed by atoms with Gasteiger partial charge in [0.25, 0.3) is 0 Å². The summed E-state index contributed by atoms with van der Waals surface area (Å²) in [4.78, 5) is 4.59. The molecule has 0 aromatic heterocycles. The van der Waals surface area contributed by atoms with Crippen molar-refractivity contribution in [2.24, 2.45) is 0 Å². The van der Waals surface area contributed by atoms with Gasteiger partial charge in [-0.25, -0.2) is 0 Å². The third-order valence-corrected chi connectivity index (χ3v) is 6.57. The van der Waals surface area contributed by atoms with Crippen LogP contribution in [0.4, 0.5) is 0 Å². The van der Waals surface area contributed by atoms with Crippen LogP contribution in [0, 0.1) is 19.9 Å². The van der Waals surface area contributed by atoms with Gasteiger partial charge >= 0.3 is 28.9 Å². The van der Waals surface area contributed by atoms with E-state index in [-0.39, 0.29) is 24.8 Å². The summed E-state index contributed by atoms with van der Waals surface area (Å²) in [6.45, 7) is 4.30. The second kappa shape index (κ2) is 18.4. The first-order valence-corrected chi connectivity index (χ1v) is 14.7. The molecule has 0 aliphatic carbocycles. The number of rotatable bonds is 2. The molecule has 0 saturated heterocycles. The summed E-state index contributed by atoms with van der Waals surface area (Å²) in [6, 6.07) is 55.6. The molecule has 0 aliphatic rings. The van der Waals surface area contributed by atoms with E-state index < -0.39 is 0 Å². The molecule has 0 saturated carbocycles. The molecule has 0 unspecified atom stereocenters. The van der Waals surface area contributed by atoms with Crippen LogP contribution in [0.15, 0.2) is 152 Å². The molecule has 7 aromatic carbocycles. The molecule has 0 heterocycles. The van der Waals surface area contributed by atoms with Gasteiger partial charge in [0.2, 0.25) is 0 Å². The Morgan fingerprint density at radius 2 is 0.881 bits per heavy atom. The van der Waals surface area contributed by atoms with Crippen molar-refractivity contribution >= 4 is 51.3 Å². The van der Waals surface area contributed by atoms with Crippen molar-refractivity contribution in [1.29, 1.82) is 0 Å². The Bertz CT molecular complexity index is 1600. The summed E-state index contributed by atoms with van der Waals surface area (Å²) in [5, 5.41) is 5.37. The molecule has 0 N–H and O–H groups in total. The van der Waals surface area contributed by atoms with Crippen LogP contribution in [0.5, 0.6) is 0 Å². The van der Waals surface area contributed by atoms with Crippen LogP contribution in [0.2, 0.25) is 0 Å². The van der Waals surface area contributed by atoms with Crippen molar-refractivity contribution in [1.82, 2.24) is 0 Å². The Hall–Kier alpha value is -3.15. The molecule has 0 atom stereocenters. The molecular formula is C38H33BCl2Zr-3. The second-order valence-electron chi connectivity index (χ2n) is 9.49. The fraction of sp³-hybridized carbons (Fsp3) is 0.0526. The average Bonchev–Trinajstić information content (AvgIpc) is 3.61. The molecule has 42 heavy (non-hydrogen) atoms. The van der Waals surface area contributed by atoms with Crippen LogP contribution >= 0.6 is 24.8 Å². The third kappa shape index (κ3) is 9.43. The van der Waals surface area contributed by atoms with Crippen molar-refractivity contribution in [2.45, 2.75) is 13.8 Å². The molecule has 7 rings (SSSR count). The minimum atomic E-state index is 0. The van der Waals surface area contributed by atoms with E-state index in [1.807, 2.05) is 30.3 Å². The molecule has 0 nitrogen and oxygen atoms in total. The Balaban J connectivity index is 0.000000226. The number of benzene rings is 5. The molecule has 1 radical (unpaired) electrons. The van der Waals surface area contributed by atoms with Crippen LogP contribution in [0.1, 0.15) is 11.1 Å². The van der Waals surface area contributed by atoms with Crippen LogP contribution in [0.25, 0.3) is 43.8 Å². The average molecular weight is 663 g/mol. The van der Waals surface area contributed by atoms with Crippen LogP contribution < -0.4 is 0 Å². The Morgan fingerprint density at radius 3 is 1.21 bits per heavy atom. The summed E-state index contributed by atoms with van der Waals surface area (Å²) >= 11 is 1.05. The summed E-state index contributed by atoms with van der Waals surface area (Å²) in [5.74, 6) is 0. The zero-order valence-corrected chi connectivity index (χ0v) is 27.9. The van der Waals surface area contributed by atoms with Gasteiger partial charge in [0.1, 0.15) is 0 Å². The summed E-state index contributed by atoms with van der Waals surface area (Å²) in [5.41, 5.74) is 7.89. The standard InChI is InChI=1S/2C16H13.C6H5.B.2ClH.Zr/c2*1-12-10-14-8-5-9-15(16(14)11-12)13-6-3-2-4-7-13;1-2-4-6-5-3-1;;;;/h2*2-11H,1H3;1-5H;;2*1H;/q3*-1;;;;. The first-order chi connectivity index (χ1) is 19.7. The van der Waals surface area contributed by atoms with E-state index in [4.69, 9.17) is 0 Å². The predicted octanol–water partition coefficient (Wildman–Crippen LogP) is 11.0. The molecule has 209 valence electrons. The molecule has 7 aromatic rings. The number of fused-ring (bicyclic) bond motifs is 2. The molecule has 4 heteroatoms. The second-order valence-corrected chi connectivity index (χ2v) is 9.49. The largest absolute Gasteiger partial charge is 0.184 e. The van der Waals surface area contributed by atoms with Gasteiger partial charge in [-0.05, 0) is 11.1 Å². The monoisotopic (exact) mass is 660 g/mol. The number of halogens is 2. The van der Waals surface area contributed by atoms with Crippen LogP contribution in [-0.4, -0.2) is 4.94 Å². The SMILES string of the molecule is Cc1cc2c(-c3ccccc3)cccc2[cH-]1.Cc1cc2c(-c3ccccc3)cccc2[cH-]1.Cl.Cl.[B]=[Zr].[c-]1ccccc1. The maximum atomic E-state index is 4.59.